The van der Waals surface area contributed by atoms with Crippen LogP contribution in [-0.4, -0.2) is 52.6 Å². The Morgan fingerprint density at radius 1 is 1.29 bits per heavy atom. The van der Waals surface area contributed by atoms with E-state index < -0.39 is 0 Å². The fourth-order valence-electron chi connectivity index (χ4n) is 3.13. The van der Waals surface area contributed by atoms with E-state index in [0.29, 0.717) is 12.2 Å². The summed E-state index contributed by atoms with van der Waals surface area (Å²) in [6, 6.07) is 10.3. The molecular weight excluding hydrogens is 368 g/mol. The molecule has 5 nitrogen and oxygen atoms in total. The molecule has 1 aromatic heterocycles. The van der Waals surface area contributed by atoms with Crippen LogP contribution in [0.15, 0.2) is 34.8 Å². The van der Waals surface area contributed by atoms with Gasteiger partial charge in [0.05, 0.1) is 16.2 Å². The van der Waals surface area contributed by atoms with E-state index in [1.807, 2.05) is 23.1 Å². The fourth-order valence-corrected chi connectivity index (χ4v) is 3.93. The zero-order chi connectivity index (χ0) is 17.3. The molecule has 6 heteroatoms. The number of aromatic amines is 1. The number of nitrogens with one attached hydrogen (secondary N) is 1. The third-order valence-corrected chi connectivity index (χ3v) is 5.34. The predicted octanol–water partition coefficient (Wildman–Crippen LogP) is 3.42. The second-order valence-corrected chi connectivity index (χ2v) is 7.43. The number of piperazine rings is 1. The SMILES string of the molecule is CC(C)c1[nH]nc(C(=O)N2CCN(C)CC2c2ccccc2)c1Br. The Balaban J connectivity index is 1.92. The number of carbonyl (C=O) groups is 1. The lowest BCUT2D eigenvalue weighted by atomic mass is 10.0. The van der Waals surface area contributed by atoms with Crippen molar-refractivity contribution in [3.05, 3.63) is 51.8 Å². The van der Waals surface area contributed by atoms with E-state index in [4.69, 9.17) is 0 Å². The van der Waals surface area contributed by atoms with E-state index in [1.165, 1.54) is 0 Å². The van der Waals surface area contributed by atoms with Crippen LogP contribution in [0, 0.1) is 0 Å². The van der Waals surface area contributed by atoms with Gasteiger partial charge in [-0.15, -0.1) is 0 Å². The summed E-state index contributed by atoms with van der Waals surface area (Å²) in [6.07, 6.45) is 0. The van der Waals surface area contributed by atoms with Gasteiger partial charge in [0.15, 0.2) is 5.69 Å². The average molecular weight is 391 g/mol. The summed E-state index contributed by atoms with van der Waals surface area (Å²) < 4.78 is 0.785. The highest BCUT2D eigenvalue weighted by molar-refractivity contribution is 9.10. The van der Waals surface area contributed by atoms with Crippen LogP contribution in [0.25, 0.3) is 0 Å². The van der Waals surface area contributed by atoms with E-state index in [2.05, 4.69) is 64.1 Å². The minimum atomic E-state index is -0.0213. The first kappa shape index (κ1) is 17.2. The molecule has 1 aromatic carbocycles. The normalized spacial score (nSPS) is 19.0. The largest absolute Gasteiger partial charge is 0.328 e. The Morgan fingerprint density at radius 3 is 2.62 bits per heavy atom. The Kier molecular flexibility index (Phi) is 5.06. The predicted molar refractivity (Wildman–Crippen MR) is 98.1 cm³/mol. The molecular formula is C18H23BrN4O. The smallest absolute Gasteiger partial charge is 0.276 e. The van der Waals surface area contributed by atoms with Crippen LogP contribution in [0.3, 0.4) is 0 Å². The Morgan fingerprint density at radius 2 is 2.00 bits per heavy atom. The maximum Gasteiger partial charge on any atom is 0.276 e. The molecule has 24 heavy (non-hydrogen) atoms. The summed E-state index contributed by atoms with van der Waals surface area (Å²) >= 11 is 3.56. The first-order valence-corrected chi connectivity index (χ1v) is 9.06. The van der Waals surface area contributed by atoms with E-state index in [-0.39, 0.29) is 17.9 Å². The molecule has 1 atom stereocenters. The molecule has 1 aliphatic rings. The van der Waals surface area contributed by atoms with Crippen molar-refractivity contribution in [2.45, 2.75) is 25.8 Å². The summed E-state index contributed by atoms with van der Waals surface area (Å²) in [4.78, 5) is 17.4. The highest BCUT2D eigenvalue weighted by Gasteiger charge is 2.33. The summed E-state index contributed by atoms with van der Waals surface area (Å²) in [6.45, 7) is 6.55. The third kappa shape index (κ3) is 3.26. The molecule has 0 bridgehead atoms. The third-order valence-electron chi connectivity index (χ3n) is 4.54. The van der Waals surface area contributed by atoms with E-state index >= 15 is 0 Å². The molecule has 128 valence electrons. The molecule has 2 aromatic rings. The Bertz CT molecular complexity index is 713. The van der Waals surface area contributed by atoms with E-state index in [1.54, 1.807) is 0 Å². The fraction of sp³-hybridized carbons (Fsp3) is 0.444. The second-order valence-electron chi connectivity index (χ2n) is 6.64. The van der Waals surface area contributed by atoms with Crippen molar-refractivity contribution in [1.29, 1.82) is 0 Å². The van der Waals surface area contributed by atoms with Crippen LogP contribution in [0.4, 0.5) is 0 Å². The summed E-state index contributed by atoms with van der Waals surface area (Å²) in [7, 11) is 2.10. The molecule has 1 fully saturated rings. The number of halogens is 1. The van der Waals surface area contributed by atoms with Crippen molar-refractivity contribution in [3.63, 3.8) is 0 Å². The van der Waals surface area contributed by atoms with Gasteiger partial charge in [-0.2, -0.15) is 5.10 Å². The van der Waals surface area contributed by atoms with Crippen LogP contribution in [0.1, 0.15) is 47.6 Å². The number of benzene rings is 1. The van der Waals surface area contributed by atoms with Gasteiger partial charge in [0.2, 0.25) is 0 Å². The second kappa shape index (κ2) is 7.07. The van der Waals surface area contributed by atoms with Crippen molar-refractivity contribution < 1.29 is 4.79 Å². The maximum absolute atomic E-state index is 13.1. The van der Waals surface area contributed by atoms with Gasteiger partial charge in [0.25, 0.3) is 5.91 Å². The van der Waals surface area contributed by atoms with Crippen molar-refractivity contribution in [2.24, 2.45) is 0 Å². The monoisotopic (exact) mass is 390 g/mol. The number of nitrogens with zero attached hydrogens (tertiary/aromatic N) is 3. The van der Waals surface area contributed by atoms with Gasteiger partial charge in [0, 0.05) is 19.6 Å². The Hall–Kier alpha value is -1.66. The van der Waals surface area contributed by atoms with Crippen LogP contribution in [-0.2, 0) is 0 Å². The molecule has 0 spiro atoms. The summed E-state index contributed by atoms with van der Waals surface area (Å²) in [5.41, 5.74) is 2.60. The lowest BCUT2D eigenvalue weighted by Gasteiger charge is -2.40. The van der Waals surface area contributed by atoms with Crippen LogP contribution >= 0.6 is 15.9 Å². The molecule has 3 rings (SSSR count). The highest BCUT2D eigenvalue weighted by atomic mass is 79.9. The number of likely N-dealkylation sites (N-methyl/N-ethyl adjacent to an activating group) is 1. The molecule has 0 radical (unpaired) electrons. The quantitative estimate of drug-likeness (QED) is 0.873. The number of carbonyl (C=O) groups excluding carboxylic acids is 1. The molecule has 2 heterocycles. The van der Waals surface area contributed by atoms with Gasteiger partial charge in [-0.3, -0.25) is 9.89 Å². The topological polar surface area (TPSA) is 52.2 Å². The average Bonchev–Trinajstić information content (AvgIpc) is 2.97. The van der Waals surface area contributed by atoms with Gasteiger partial charge in [-0.05, 0) is 34.5 Å². The van der Waals surface area contributed by atoms with Crippen LogP contribution in [0.2, 0.25) is 0 Å². The number of hydrogen-bond donors (Lipinski definition) is 1. The summed E-state index contributed by atoms with van der Waals surface area (Å²) in [5, 5.41) is 7.28. The number of amides is 1. The minimum Gasteiger partial charge on any atom is -0.328 e. The minimum absolute atomic E-state index is 0.0213. The van der Waals surface area contributed by atoms with Gasteiger partial charge < -0.3 is 9.80 Å². The molecule has 1 aliphatic heterocycles. The molecule has 0 saturated carbocycles. The van der Waals surface area contributed by atoms with Crippen molar-refractivity contribution in [2.75, 3.05) is 26.7 Å². The standard InChI is InChI=1S/C18H23BrN4O/c1-12(2)16-15(19)17(21-20-16)18(24)23-10-9-22(3)11-14(23)13-7-5-4-6-8-13/h4-8,12,14H,9-11H2,1-3H3,(H,20,21). The van der Waals surface area contributed by atoms with Crippen molar-refractivity contribution in [1.82, 2.24) is 20.0 Å². The van der Waals surface area contributed by atoms with Crippen molar-refractivity contribution in [3.8, 4) is 0 Å². The lowest BCUT2D eigenvalue weighted by molar-refractivity contribution is 0.0491. The Labute approximate surface area is 151 Å². The molecule has 1 unspecified atom stereocenters. The lowest BCUT2D eigenvalue weighted by Crippen LogP contribution is -2.49. The summed E-state index contributed by atoms with van der Waals surface area (Å²) in [5.74, 6) is 0.262. The zero-order valence-electron chi connectivity index (χ0n) is 14.3. The van der Waals surface area contributed by atoms with Crippen LogP contribution < -0.4 is 0 Å². The van der Waals surface area contributed by atoms with Crippen LogP contribution in [0.5, 0.6) is 0 Å². The van der Waals surface area contributed by atoms with E-state index in [0.717, 1.165) is 28.8 Å². The zero-order valence-corrected chi connectivity index (χ0v) is 15.9. The molecule has 1 amide bonds. The first-order chi connectivity index (χ1) is 11.5. The number of aromatic nitrogens is 2. The molecule has 1 N–H and O–H groups in total. The number of H-pyrrole nitrogens is 1. The molecule has 0 aliphatic carbocycles. The maximum atomic E-state index is 13.1. The number of hydrogen-bond acceptors (Lipinski definition) is 3. The van der Waals surface area contributed by atoms with Crippen molar-refractivity contribution >= 4 is 21.8 Å². The van der Waals surface area contributed by atoms with Gasteiger partial charge >= 0.3 is 0 Å². The van der Waals surface area contributed by atoms with Gasteiger partial charge in [-0.1, -0.05) is 44.2 Å². The van der Waals surface area contributed by atoms with E-state index in [9.17, 15) is 4.79 Å². The number of rotatable bonds is 3. The van der Waals surface area contributed by atoms with Gasteiger partial charge in [0.1, 0.15) is 0 Å². The first-order valence-electron chi connectivity index (χ1n) is 8.27. The van der Waals surface area contributed by atoms with Gasteiger partial charge in [-0.25, -0.2) is 0 Å². The molecule has 1 saturated heterocycles. The highest BCUT2D eigenvalue weighted by Crippen LogP contribution is 2.30.